The number of carbonyl (C=O) groups excluding carboxylic acids is 1. The van der Waals surface area contributed by atoms with Crippen LogP contribution in [0.25, 0.3) is 0 Å². The number of amides is 1. The molecular weight excluding hydrogens is 400 g/mol. The van der Waals surface area contributed by atoms with E-state index in [9.17, 15) is 4.79 Å². The van der Waals surface area contributed by atoms with E-state index in [4.69, 9.17) is 9.72 Å². The van der Waals surface area contributed by atoms with Crippen molar-refractivity contribution in [1.29, 1.82) is 0 Å². The number of rotatable bonds is 7. The highest BCUT2D eigenvalue weighted by Gasteiger charge is 2.23. The van der Waals surface area contributed by atoms with Crippen molar-refractivity contribution in [3.63, 3.8) is 0 Å². The van der Waals surface area contributed by atoms with Crippen molar-refractivity contribution in [3.8, 4) is 0 Å². The Morgan fingerprint density at radius 2 is 2.13 bits per heavy atom. The van der Waals surface area contributed by atoms with E-state index in [0.29, 0.717) is 6.54 Å². The molecule has 2 aromatic heterocycles. The summed E-state index contributed by atoms with van der Waals surface area (Å²) < 4.78 is 5.47. The Kier molecular flexibility index (Phi) is 6.93. The molecule has 2 saturated heterocycles. The highest BCUT2D eigenvalue weighted by atomic mass is 32.1. The number of nitrogens with one attached hydrogen (secondary N) is 2. The predicted molar refractivity (Wildman–Crippen MR) is 119 cm³/mol. The first-order valence-corrected chi connectivity index (χ1v) is 11.2. The molecule has 0 saturated carbocycles. The van der Waals surface area contributed by atoms with Gasteiger partial charge in [-0.1, -0.05) is 6.58 Å². The molecule has 0 aliphatic carbocycles. The smallest absolute Gasteiger partial charge is 0.246 e. The lowest BCUT2D eigenvalue weighted by molar-refractivity contribution is -0.127. The molecule has 2 aromatic rings. The van der Waals surface area contributed by atoms with Crippen LogP contribution in [-0.2, 0) is 16.1 Å². The number of thiazole rings is 1. The third kappa shape index (κ3) is 5.56. The highest BCUT2D eigenvalue weighted by molar-refractivity contribution is 7.13. The zero-order valence-electron chi connectivity index (χ0n) is 17.0. The maximum absolute atomic E-state index is 12.0. The van der Waals surface area contributed by atoms with Crippen LogP contribution in [0.4, 0.5) is 16.8 Å². The molecule has 0 bridgehead atoms. The molecule has 8 nitrogen and oxygen atoms in total. The Morgan fingerprint density at radius 1 is 1.30 bits per heavy atom. The highest BCUT2D eigenvalue weighted by Crippen LogP contribution is 2.23. The molecule has 2 aliphatic rings. The van der Waals surface area contributed by atoms with Crippen molar-refractivity contribution in [3.05, 3.63) is 41.9 Å². The van der Waals surface area contributed by atoms with E-state index in [0.717, 1.165) is 69.0 Å². The van der Waals surface area contributed by atoms with Gasteiger partial charge in [0.1, 0.15) is 11.6 Å². The van der Waals surface area contributed by atoms with E-state index in [1.54, 1.807) is 17.5 Å². The molecule has 2 N–H and O–H groups in total. The van der Waals surface area contributed by atoms with E-state index in [-0.39, 0.29) is 11.9 Å². The fraction of sp³-hybridized carbons (Fsp3) is 0.476. The maximum atomic E-state index is 12.0. The largest absolute Gasteiger partial charge is 0.379 e. The number of aromatic nitrogens is 2. The molecule has 4 heterocycles. The Morgan fingerprint density at radius 3 is 2.90 bits per heavy atom. The summed E-state index contributed by atoms with van der Waals surface area (Å²) in [5.41, 5.74) is 1.18. The van der Waals surface area contributed by atoms with Gasteiger partial charge in [0.25, 0.3) is 0 Å². The van der Waals surface area contributed by atoms with E-state index in [2.05, 4.69) is 39.2 Å². The lowest BCUT2D eigenvalue weighted by Crippen LogP contribution is -2.44. The summed E-state index contributed by atoms with van der Waals surface area (Å²) in [7, 11) is 0. The monoisotopic (exact) mass is 428 g/mol. The average molecular weight is 429 g/mol. The van der Waals surface area contributed by atoms with Crippen LogP contribution in [0.3, 0.4) is 0 Å². The molecule has 2 aliphatic heterocycles. The standard InChI is InChI=1S/C21H28N6O2S/c1-2-20(28)27-6-3-4-17(15-27)23-18-12-16(14-26-7-9-29-10-8-26)13-19(24-18)25-21-22-5-11-30-21/h2,5,11-13,17H,1,3-4,6-10,14-15H2,(H2,22,23,24,25)/t17-/m0/s1. The van der Waals surface area contributed by atoms with E-state index >= 15 is 0 Å². The van der Waals surface area contributed by atoms with Crippen molar-refractivity contribution in [2.45, 2.75) is 25.4 Å². The minimum atomic E-state index is -0.0124. The first-order chi connectivity index (χ1) is 14.7. The second-order valence-corrected chi connectivity index (χ2v) is 8.46. The van der Waals surface area contributed by atoms with Crippen molar-refractivity contribution < 1.29 is 9.53 Å². The predicted octanol–water partition coefficient (Wildman–Crippen LogP) is 2.70. The number of hydrogen-bond donors (Lipinski definition) is 2. The van der Waals surface area contributed by atoms with Crippen molar-refractivity contribution in [2.24, 2.45) is 0 Å². The van der Waals surface area contributed by atoms with Gasteiger partial charge in [0, 0.05) is 50.3 Å². The quantitative estimate of drug-likeness (QED) is 0.656. The molecule has 0 radical (unpaired) electrons. The number of pyridine rings is 1. The fourth-order valence-corrected chi connectivity index (χ4v) is 4.40. The van der Waals surface area contributed by atoms with Gasteiger partial charge in [-0.2, -0.15) is 0 Å². The van der Waals surface area contributed by atoms with Crippen LogP contribution in [0.1, 0.15) is 18.4 Å². The SMILES string of the molecule is C=CC(=O)N1CCC[C@H](Nc2cc(CN3CCOCC3)cc(Nc3nccs3)n2)C1. The van der Waals surface area contributed by atoms with Crippen LogP contribution in [0, 0.1) is 0 Å². The number of carbonyl (C=O) groups is 1. The number of piperidine rings is 1. The minimum Gasteiger partial charge on any atom is -0.379 e. The Labute approximate surface area is 181 Å². The van der Waals surface area contributed by atoms with Crippen LogP contribution in [0.15, 0.2) is 36.4 Å². The summed E-state index contributed by atoms with van der Waals surface area (Å²) in [5, 5.41) is 9.61. The summed E-state index contributed by atoms with van der Waals surface area (Å²) in [6, 6.07) is 4.36. The molecule has 1 amide bonds. The van der Waals surface area contributed by atoms with Crippen molar-refractivity contribution >= 4 is 34.0 Å². The van der Waals surface area contributed by atoms with Crippen LogP contribution in [-0.4, -0.2) is 71.1 Å². The number of hydrogen-bond acceptors (Lipinski definition) is 8. The van der Waals surface area contributed by atoms with E-state index < -0.39 is 0 Å². The number of morpholine rings is 1. The summed E-state index contributed by atoms with van der Waals surface area (Å²) in [6.07, 6.45) is 5.14. The molecule has 2 fully saturated rings. The third-order valence-corrected chi connectivity index (χ3v) is 6.01. The van der Waals surface area contributed by atoms with Crippen LogP contribution >= 0.6 is 11.3 Å². The van der Waals surface area contributed by atoms with Crippen LogP contribution in [0.2, 0.25) is 0 Å². The number of likely N-dealkylation sites (tertiary alicyclic amines) is 1. The van der Waals surface area contributed by atoms with Crippen LogP contribution < -0.4 is 10.6 Å². The molecule has 0 spiro atoms. The number of anilines is 3. The Hall–Kier alpha value is -2.49. The lowest BCUT2D eigenvalue weighted by atomic mass is 10.1. The zero-order chi connectivity index (χ0) is 20.8. The number of ether oxygens (including phenoxy) is 1. The van der Waals surface area contributed by atoms with Gasteiger partial charge in [-0.3, -0.25) is 9.69 Å². The summed E-state index contributed by atoms with van der Waals surface area (Å²) in [4.78, 5) is 25.3. The summed E-state index contributed by atoms with van der Waals surface area (Å²) in [6.45, 7) is 9.31. The molecular formula is C21H28N6O2S. The second-order valence-electron chi connectivity index (χ2n) is 7.57. The first-order valence-electron chi connectivity index (χ1n) is 10.3. The summed E-state index contributed by atoms with van der Waals surface area (Å²) in [5.74, 6) is 1.58. The van der Waals surface area contributed by atoms with Crippen LogP contribution in [0.5, 0.6) is 0 Å². The second kappa shape index (κ2) is 10.0. The zero-order valence-corrected chi connectivity index (χ0v) is 17.9. The van der Waals surface area contributed by atoms with Crippen molar-refractivity contribution in [1.82, 2.24) is 19.8 Å². The van der Waals surface area contributed by atoms with E-state index in [1.165, 1.54) is 11.6 Å². The van der Waals surface area contributed by atoms with Gasteiger partial charge < -0.3 is 20.3 Å². The topological polar surface area (TPSA) is 82.6 Å². The molecule has 0 unspecified atom stereocenters. The van der Waals surface area contributed by atoms with Gasteiger partial charge in [0.2, 0.25) is 5.91 Å². The minimum absolute atomic E-state index is 0.0124. The van der Waals surface area contributed by atoms with Gasteiger partial charge in [0.05, 0.1) is 13.2 Å². The molecule has 0 aromatic carbocycles. The van der Waals surface area contributed by atoms with E-state index in [1.807, 2.05) is 10.3 Å². The van der Waals surface area contributed by atoms with Gasteiger partial charge in [-0.15, -0.1) is 11.3 Å². The van der Waals surface area contributed by atoms with Gasteiger partial charge >= 0.3 is 0 Å². The lowest BCUT2D eigenvalue weighted by Gasteiger charge is -2.33. The number of nitrogens with zero attached hydrogens (tertiary/aromatic N) is 4. The molecule has 4 rings (SSSR count). The Bertz CT molecular complexity index is 853. The maximum Gasteiger partial charge on any atom is 0.246 e. The van der Waals surface area contributed by atoms with Gasteiger partial charge in [0.15, 0.2) is 5.13 Å². The molecule has 160 valence electrons. The van der Waals surface area contributed by atoms with Gasteiger partial charge in [-0.25, -0.2) is 9.97 Å². The summed E-state index contributed by atoms with van der Waals surface area (Å²) >= 11 is 1.54. The first kappa shape index (κ1) is 20.8. The van der Waals surface area contributed by atoms with Crippen molar-refractivity contribution in [2.75, 3.05) is 50.0 Å². The van der Waals surface area contributed by atoms with Gasteiger partial charge in [-0.05, 0) is 36.6 Å². The molecule has 9 heteroatoms. The normalized spacial score (nSPS) is 20.0. The third-order valence-electron chi connectivity index (χ3n) is 5.32. The Balaban J connectivity index is 1.50. The average Bonchev–Trinajstić information content (AvgIpc) is 3.27. The fourth-order valence-electron chi connectivity index (χ4n) is 3.86. The molecule has 30 heavy (non-hydrogen) atoms. The molecule has 1 atom stereocenters.